The van der Waals surface area contributed by atoms with E-state index in [1.165, 1.54) is 0 Å². The van der Waals surface area contributed by atoms with E-state index in [9.17, 15) is 5.11 Å². The topological polar surface area (TPSA) is 61.9 Å². The van der Waals surface area contributed by atoms with Gasteiger partial charge in [0.2, 0.25) is 0 Å². The monoisotopic (exact) mass is 187 g/mol. The summed E-state index contributed by atoms with van der Waals surface area (Å²) in [5.41, 5.74) is 4.69. The number of hydrogen-bond acceptors (Lipinski definition) is 5. The molecule has 1 atom stereocenters. The maximum Gasteiger partial charge on any atom is 0.161 e. The van der Waals surface area contributed by atoms with Gasteiger partial charge in [0.25, 0.3) is 0 Å². The summed E-state index contributed by atoms with van der Waals surface area (Å²) in [5, 5.41) is 11.0. The van der Waals surface area contributed by atoms with Crippen LogP contribution in [0.2, 0.25) is 0 Å². The van der Waals surface area contributed by atoms with E-state index in [4.69, 9.17) is 5.73 Å². The van der Waals surface area contributed by atoms with Crippen LogP contribution in [-0.4, -0.2) is 46.3 Å². The molecule has 0 aromatic carbocycles. The first-order valence-corrected chi connectivity index (χ1v) is 5.12. The molecule has 1 fully saturated rings. The van der Waals surface area contributed by atoms with Crippen molar-refractivity contribution in [1.82, 2.24) is 4.90 Å². The van der Waals surface area contributed by atoms with Crippen LogP contribution in [0.4, 0.5) is 0 Å². The number of nitrogens with zero attached hydrogens (tertiary/aromatic N) is 2. The van der Waals surface area contributed by atoms with Crippen molar-refractivity contribution in [3.8, 4) is 0 Å². The average Bonchev–Trinajstić information content (AvgIpc) is 2.46. The maximum atomic E-state index is 9.99. The minimum absolute atomic E-state index is 0.291. The van der Waals surface area contributed by atoms with Crippen LogP contribution < -0.4 is 5.73 Å². The fourth-order valence-electron chi connectivity index (χ4n) is 1.52. The molecule has 0 aromatic heterocycles. The van der Waals surface area contributed by atoms with Gasteiger partial charge in [0.15, 0.2) is 10.9 Å². The minimum atomic E-state index is -0.829. The number of fused-ring (bicyclic) bond motifs is 1. The molecule has 0 bridgehead atoms. The Morgan fingerprint density at radius 1 is 1.75 bits per heavy atom. The number of amidine groups is 1. The summed E-state index contributed by atoms with van der Waals surface area (Å²) in [6, 6.07) is 0. The summed E-state index contributed by atoms with van der Waals surface area (Å²) >= 11 is 1.60. The van der Waals surface area contributed by atoms with Gasteiger partial charge in [-0.2, -0.15) is 0 Å². The van der Waals surface area contributed by atoms with Crippen molar-refractivity contribution in [3.63, 3.8) is 0 Å². The molecule has 5 heteroatoms. The van der Waals surface area contributed by atoms with Crippen LogP contribution in [0.25, 0.3) is 0 Å². The lowest BCUT2D eigenvalue weighted by Gasteiger charge is -2.34. The van der Waals surface area contributed by atoms with Crippen molar-refractivity contribution >= 4 is 16.9 Å². The van der Waals surface area contributed by atoms with Crippen molar-refractivity contribution in [1.29, 1.82) is 0 Å². The highest BCUT2D eigenvalue weighted by Gasteiger charge is 2.42. The molecule has 1 saturated heterocycles. The molecule has 0 aliphatic carbocycles. The summed E-state index contributed by atoms with van der Waals surface area (Å²) in [5.74, 6) is 0.655. The number of hydrogen-bond donors (Lipinski definition) is 2. The van der Waals surface area contributed by atoms with Gasteiger partial charge in [-0.3, -0.25) is 4.99 Å². The molecule has 2 heterocycles. The highest BCUT2D eigenvalue weighted by molar-refractivity contribution is 8.14. The van der Waals surface area contributed by atoms with Crippen LogP contribution in [0.15, 0.2) is 4.99 Å². The zero-order valence-electron chi connectivity index (χ0n) is 6.86. The Morgan fingerprint density at radius 2 is 2.58 bits per heavy atom. The Kier molecular flexibility index (Phi) is 2.02. The number of aliphatic imine (C=N–C) groups is 1. The summed E-state index contributed by atoms with van der Waals surface area (Å²) in [6.07, 6.45) is 1.02. The number of aliphatic hydroxyl groups is 1. The van der Waals surface area contributed by atoms with Crippen LogP contribution in [0.3, 0.4) is 0 Å². The van der Waals surface area contributed by atoms with Gasteiger partial charge in [-0.25, -0.2) is 0 Å². The molecule has 2 rings (SSSR count). The molecular formula is C7H13N3OS. The summed E-state index contributed by atoms with van der Waals surface area (Å²) in [4.78, 5) is 6.26. The normalized spacial score (nSPS) is 34.8. The second-order valence-electron chi connectivity index (χ2n) is 3.14. The van der Waals surface area contributed by atoms with Crippen LogP contribution in [0, 0.1) is 0 Å². The number of nitrogens with two attached hydrogens (primary N) is 1. The SMILES string of the molecule is NC[C@]1(O)CSC2=NCCCN21. The van der Waals surface area contributed by atoms with E-state index in [2.05, 4.69) is 4.99 Å². The van der Waals surface area contributed by atoms with Crippen molar-refractivity contribution < 1.29 is 5.11 Å². The Bertz CT molecular complexity index is 221. The summed E-state index contributed by atoms with van der Waals surface area (Å²) in [7, 11) is 0. The smallest absolute Gasteiger partial charge is 0.161 e. The molecular weight excluding hydrogens is 174 g/mol. The molecule has 0 unspecified atom stereocenters. The third-order valence-electron chi connectivity index (χ3n) is 2.28. The lowest BCUT2D eigenvalue weighted by atomic mass is 10.2. The summed E-state index contributed by atoms with van der Waals surface area (Å²) < 4.78 is 0. The van der Waals surface area contributed by atoms with Crippen LogP contribution >= 0.6 is 11.8 Å². The van der Waals surface area contributed by atoms with Gasteiger partial charge >= 0.3 is 0 Å². The lowest BCUT2D eigenvalue weighted by Crippen LogP contribution is -2.54. The first-order valence-electron chi connectivity index (χ1n) is 4.14. The van der Waals surface area contributed by atoms with Crippen molar-refractivity contribution in [2.24, 2.45) is 10.7 Å². The fourth-order valence-corrected chi connectivity index (χ4v) is 2.75. The van der Waals surface area contributed by atoms with Gasteiger partial charge in [-0.15, -0.1) is 0 Å². The summed E-state index contributed by atoms with van der Waals surface area (Å²) in [6.45, 7) is 2.07. The average molecular weight is 187 g/mol. The molecule has 0 amide bonds. The van der Waals surface area contributed by atoms with E-state index in [1.807, 2.05) is 4.90 Å². The van der Waals surface area contributed by atoms with Gasteiger partial charge in [0.05, 0.1) is 5.75 Å². The molecule has 4 nitrogen and oxygen atoms in total. The molecule has 2 aliphatic rings. The van der Waals surface area contributed by atoms with Crippen molar-refractivity contribution in [2.45, 2.75) is 12.1 Å². The lowest BCUT2D eigenvalue weighted by molar-refractivity contribution is -0.0349. The second-order valence-corrected chi connectivity index (χ2v) is 4.09. The molecule has 0 saturated carbocycles. The van der Waals surface area contributed by atoms with E-state index < -0.39 is 5.72 Å². The van der Waals surface area contributed by atoms with E-state index in [0.29, 0.717) is 12.3 Å². The Labute approximate surface area is 75.8 Å². The first kappa shape index (κ1) is 8.34. The quantitative estimate of drug-likeness (QED) is 0.578. The third kappa shape index (κ3) is 1.12. The molecule has 0 spiro atoms. The Morgan fingerprint density at radius 3 is 3.33 bits per heavy atom. The minimum Gasteiger partial charge on any atom is -0.369 e. The first-order chi connectivity index (χ1) is 5.76. The predicted octanol–water partition coefficient (Wildman–Crippen LogP) is -0.558. The van der Waals surface area contributed by atoms with Gasteiger partial charge in [-0.1, -0.05) is 11.8 Å². The molecule has 0 radical (unpaired) electrons. The van der Waals surface area contributed by atoms with Gasteiger partial charge in [0, 0.05) is 19.6 Å². The highest BCUT2D eigenvalue weighted by atomic mass is 32.2. The second kappa shape index (κ2) is 2.90. The zero-order chi connectivity index (χ0) is 8.60. The van der Waals surface area contributed by atoms with Crippen molar-refractivity contribution in [3.05, 3.63) is 0 Å². The standard InChI is InChI=1S/C7H13N3OS/c8-4-7(11)5-12-6-9-2-1-3-10(6)7/h11H,1-5,8H2/t7-/m0/s1. The zero-order valence-corrected chi connectivity index (χ0v) is 7.68. The molecule has 12 heavy (non-hydrogen) atoms. The largest absolute Gasteiger partial charge is 0.369 e. The molecule has 0 aromatic rings. The molecule has 68 valence electrons. The Balaban J connectivity index is 2.22. The molecule has 3 N–H and O–H groups in total. The highest BCUT2D eigenvalue weighted by Crippen LogP contribution is 2.32. The van der Waals surface area contributed by atoms with E-state index in [1.54, 1.807) is 11.8 Å². The maximum absolute atomic E-state index is 9.99. The molecule has 2 aliphatic heterocycles. The van der Waals surface area contributed by atoms with Crippen LogP contribution in [0.5, 0.6) is 0 Å². The van der Waals surface area contributed by atoms with E-state index >= 15 is 0 Å². The van der Waals surface area contributed by atoms with Crippen molar-refractivity contribution in [2.75, 3.05) is 25.4 Å². The number of rotatable bonds is 1. The van der Waals surface area contributed by atoms with Crippen LogP contribution in [0.1, 0.15) is 6.42 Å². The Hall–Kier alpha value is -0.260. The van der Waals surface area contributed by atoms with E-state index in [0.717, 1.165) is 24.7 Å². The fraction of sp³-hybridized carbons (Fsp3) is 0.857. The van der Waals surface area contributed by atoms with Gasteiger partial charge in [-0.05, 0) is 6.42 Å². The third-order valence-corrected chi connectivity index (χ3v) is 3.49. The van der Waals surface area contributed by atoms with Gasteiger partial charge < -0.3 is 15.7 Å². The van der Waals surface area contributed by atoms with Crippen LogP contribution in [-0.2, 0) is 0 Å². The predicted molar refractivity (Wildman–Crippen MR) is 50.1 cm³/mol. The van der Waals surface area contributed by atoms with E-state index in [-0.39, 0.29) is 0 Å². The van der Waals surface area contributed by atoms with Gasteiger partial charge in [0.1, 0.15) is 0 Å². The number of thioether (sulfide) groups is 1.